The molecule has 150 valence electrons. The molecule has 0 bridgehead atoms. The Morgan fingerprint density at radius 2 is 1.85 bits per heavy atom. The summed E-state index contributed by atoms with van der Waals surface area (Å²) in [5, 5.41) is 2.82. The van der Waals surface area contributed by atoms with Gasteiger partial charge in [-0.05, 0) is 38.9 Å². The molecule has 0 unspecified atom stereocenters. The van der Waals surface area contributed by atoms with Gasteiger partial charge in [-0.3, -0.25) is 14.5 Å². The third-order valence-electron chi connectivity index (χ3n) is 4.50. The van der Waals surface area contributed by atoms with E-state index in [1.807, 2.05) is 51.1 Å². The lowest BCUT2D eigenvalue weighted by Crippen LogP contribution is -2.48. The lowest BCUT2D eigenvalue weighted by molar-refractivity contribution is -0.124. The van der Waals surface area contributed by atoms with Crippen LogP contribution < -0.4 is 10.2 Å². The third kappa shape index (κ3) is 6.32. The maximum Gasteiger partial charge on any atom is 0.241 e. The Kier molecular flexibility index (Phi) is 7.38. The van der Waals surface area contributed by atoms with E-state index in [-0.39, 0.29) is 48.5 Å². The molecule has 0 spiro atoms. The zero-order chi connectivity index (χ0) is 20.0. The van der Waals surface area contributed by atoms with Gasteiger partial charge in [0.15, 0.2) is 9.84 Å². The molecule has 2 amide bonds. The summed E-state index contributed by atoms with van der Waals surface area (Å²) < 4.78 is 23.8. The number of hydrogen-bond donors (Lipinski definition) is 1. The van der Waals surface area contributed by atoms with Crippen LogP contribution in [0.1, 0.15) is 27.2 Å². The number of benzene rings is 1. The van der Waals surface area contributed by atoms with E-state index in [0.29, 0.717) is 18.7 Å². The topological polar surface area (TPSA) is 86.8 Å². The van der Waals surface area contributed by atoms with Crippen LogP contribution in [0.2, 0.25) is 0 Å². The monoisotopic (exact) mass is 395 g/mol. The van der Waals surface area contributed by atoms with Gasteiger partial charge in [0, 0.05) is 11.7 Å². The molecule has 1 aromatic rings. The summed E-state index contributed by atoms with van der Waals surface area (Å²) in [7, 11) is -3.12. The molecule has 2 rings (SSSR count). The molecule has 1 aliphatic rings. The number of sulfone groups is 1. The normalized spacial score (nSPS) is 18.6. The van der Waals surface area contributed by atoms with Crippen LogP contribution >= 0.6 is 0 Å². The Hall–Kier alpha value is -1.93. The van der Waals surface area contributed by atoms with E-state index >= 15 is 0 Å². The molecule has 7 nitrogen and oxygen atoms in total. The third-order valence-corrected chi connectivity index (χ3v) is 6.25. The smallest absolute Gasteiger partial charge is 0.241 e. The van der Waals surface area contributed by atoms with Gasteiger partial charge in [-0.25, -0.2) is 8.42 Å². The Bertz CT molecular complexity index is 749. The molecule has 0 aromatic heterocycles. The molecule has 1 N–H and O–H groups in total. The number of hydrogen-bond acceptors (Lipinski definition) is 5. The second kappa shape index (κ2) is 9.32. The quantitative estimate of drug-likeness (QED) is 0.711. The second-order valence-corrected chi connectivity index (χ2v) is 9.41. The number of nitrogens with one attached hydrogen (secondary N) is 1. The molecule has 1 fully saturated rings. The molecule has 8 heteroatoms. The molecule has 1 aliphatic heterocycles. The first-order valence-electron chi connectivity index (χ1n) is 9.31. The fourth-order valence-corrected chi connectivity index (χ4v) is 4.94. The number of rotatable bonds is 8. The standard InChI is InChI=1S/C19H29N3O4S/c1-4-21(12-18(23)20-15(2)3)13-19(24)22(16-8-6-5-7-9-16)17-10-11-27(25,26)14-17/h5-9,15,17H,4,10-14H2,1-3H3,(H,20,23)/t17-/m0/s1. The van der Waals surface area contributed by atoms with E-state index in [2.05, 4.69) is 5.32 Å². The average molecular weight is 396 g/mol. The van der Waals surface area contributed by atoms with Crippen molar-refractivity contribution >= 4 is 27.3 Å². The van der Waals surface area contributed by atoms with Crippen molar-refractivity contribution in [3.8, 4) is 0 Å². The molecule has 1 aromatic carbocycles. The van der Waals surface area contributed by atoms with E-state index in [4.69, 9.17) is 0 Å². The van der Waals surface area contributed by atoms with Gasteiger partial charge in [-0.15, -0.1) is 0 Å². The predicted molar refractivity (Wildman–Crippen MR) is 106 cm³/mol. The minimum Gasteiger partial charge on any atom is -0.353 e. The number of likely N-dealkylation sites (N-methyl/N-ethyl adjacent to an activating group) is 1. The minimum absolute atomic E-state index is 0.0202. The average Bonchev–Trinajstić information content (AvgIpc) is 2.94. The van der Waals surface area contributed by atoms with Crippen molar-refractivity contribution in [3.05, 3.63) is 30.3 Å². The van der Waals surface area contributed by atoms with Crippen LogP contribution in [0.4, 0.5) is 5.69 Å². The van der Waals surface area contributed by atoms with Gasteiger partial charge in [0.2, 0.25) is 11.8 Å². The number of carbonyl (C=O) groups is 2. The number of carbonyl (C=O) groups excluding carboxylic acids is 2. The molecule has 27 heavy (non-hydrogen) atoms. The van der Waals surface area contributed by atoms with E-state index in [1.54, 1.807) is 9.80 Å². The van der Waals surface area contributed by atoms with Crippen LogP contribution in [0.15, 0.2) is 30.3 Å². The van der Waals surface area contributed by atoms with Crippen molar-refractivity contribution in [2.45, 2.75) is 39.3 Å². The zero-order valence-corrected chi connectivity index (χ0v) is 17.0. The summed E-state index contributed by atoms with van der Waals surface area (Å²) in [4.78, 5) is 28.5. The number of amides is 2. The fourth-order valence-electron chi connectivity index (χ4n) is 3.24. The van der Waals surface area contributed by atoms with Gasteiger partial charge in [0.1, 0.15) is 0 Å². The highest BCUT2D eigenvalue weighted by molar-refractivity contribution is 7.91. The van der Waals surface area contributed by atoms with E-state index in [9.17, 15) is 18.0 Å². The molecule has 0 radical (unpaired) electrons. The first kappa shape index (κ1) is 21.4. The van der Waals surface area contributed by atoms with Crippen LogP contribution in [0.25, 0.3) is 0 Å². The highest BCUT2D eigenvalue weighted by atomic mass is 32.2. The van der Waals surface area contributed by atoms with Crippen molar-refractivity contribution in [1.29, 1.82) is 0 Å². The molecule has 1 atom stereocenters. The van der Waals surface area contributed by atoms with Gasteiger partial charge in [0.05, 0.1) is 30.6 Å². The summed E-state index contributed by atoms with van der Waals surface area (Å²) in [5.74, 6) is -0.243. The number of anilines is 1. The first-order chi connectivity index (χ1) is 12.7. The molecule has 1 saturated heterocycles. The van der Waals surface area contributed by atoms with Crippen molar-refractivity contribution in [2.24, 2.45) is 0 Å². The molecule has 1 heterocycles. The van der Waals surface area contributed by atoms with Crippen LogP contribution in [0, 0.1) is 0 Å². The van der Waals surface area contributed by atoms with Crippen LogP contribution in [-0.4, -0.2) is 68.4 Å². The summed E-state index contributed by atoms with van der Waals surface area (Å²) in [6.07, 6.45) is 0.433. The maximum absolute atomic E-state index is 13.1. The van der Waals surface area contributed by atoms with Gasteiger partial charge >= 0.3 is 0 Å². The second-order valence-electron chi connectivity index (χ2n) is 7.18. The zero-order valence-electron chi connectivity index (χ0n) is 16.2. The van der Waals surface area contributed by atoms with E-state index in [0.717, 1.165) is 0 Å². The Balaban J connectivity index is 2.15. The van der Waals surface area contributed by atoms with E-state index < -0.39 is 9.84 Å². The molecular formula is C19H29N3O4S. The van der Waals surface area contributed by atoms with Crippen molar-refractivity contribution in [3.63, 3.8) is 0 Å². The van der Waals surface area contributed by atoms with Crippen molar-refractivity contribution in [2.75, 3.05) is 36.0 Å². The molecular weight excluding hydrogens is 366 g/mol. The summed E-state index contributed by atoms with van der Waals surface area (Å²) in [6, 6.07) is 8.80. The highest BCUT2D eigenvalue weighted by Gasteiger charge is 2.35. The Morgan fingerprint density at radius 1 is 1.19 bits per heavy atom. The summed E-state index contributed by atoms with van der Waals surface area (Å²) in [5.41, 5.74) is 0.687. The SMILES string of the molecule is CCN(CC(=O)NC(C)C)CC(=O)N(c1ccccc1)[C@H]1CCS(=O)(=O)C1. The van der Waals surface area contributed by atoms with Gasteiger partial charge < -0.3 is 10.2 Å². The van der Waals surface area contributed by atoms with E-state index in [1.165, 1.54) is 0 Å². The number of nitrogens with zero attached hydrogens (tertiary/aromatic N) is 2. The maximum atomic E-state index is 13.1. The Morgan fingerprint density at radius 3 is 2.37 bits per heavy atom. The van der Waals surface area contributed by atoms with Crippen molar-refractivity contribution in [1.82, 2.24) is 10.2 Å². The lowest BCUT2D eigenvalue weighted by atomic mass is 10.1. The minimum atomic E-state index is -3.12. The highest BCUT2D eigenvalue weighted by Crippen LogP contribution is 2.24. The fraction of sp³-hybridized carbons (Fsp3) is 0.579. The summed E-state index contributed by atoms with van der Waals surface area (Å²) in [6.45, 7) is 6.40. The van der Waals surface area contributed by atoms with Gasteiger partial charge in [0.25, 0.3) is 0 Å². The first-order valence-corrected chi connectivity index (χ1v) is 11.1. The predicted octanol–water partition coefficient (Wildman–Crippen LogP) is 1.05. The Labute approximate surface area is 161 Å². The van der Waals surface area contributed by atoms with Crippen LogP contribution in [-0.2, 0) is 19.4 Å². The summed E-state index contributed by atoms with van der Waals surface area (Å²) >= 11 is 0. The molecule has 0 aliphatic carbocycles. The largest absolute Gasteiger partial charge is 0.353 e. The van der Waals surface area contributed by atoms with Gasteiger partial charge in [-0.2, -0.15) is 0 Å². The van der Waals surface area contributed by atoms with Crippen LogP contribution in [0.5, 0.6) is 0 Å². The lowest BCUT2D eigenvalue weighted by Gasteiger charge is -2.31. The van der Waals surface area contributed by atoms with Crippen LogP contribution in [0.3, 0.4) is 0 Å². The molecule has 0 saturated carbocycles. The number of para-hydroxylation sites is 1. The van der Waals surface area contributed by atoms with Gasteiger partial charge in [-0.1, -0.05) is 25.1 Å². The van der Waals surface area contributed by atoms with Crippen molar-refractivity contribution < 1.29 is 18.0 Å².